The summed E-state index contributed by atoms with van der Waals surface area (Å²) in [5.74, 6) is 0. The minimum absolute atomic E-state index is 0.0788. The van der Waals surface area contributed by atoms with Crippen LogP contribution in [0.2, 0.25) is 0 Å². The Kier molecular flexibility index (Phi) is 4.07. The predicted octanol–water partition coefficient (Wildman–Crippen LogP) is 3.77. The first-order valence-electron chi connectivity index (χ1n) is 9.83. The lowest BCUT2D eigenvalue weighted by Gasteiger charge is -2.24. The predicted molar refractivity (Wildman–Crippen MR) is 114 cm³/mol. The summed E-state index contributed by atoms with van der Waals surface area (Å²) in [6.45, 7) is 4.23. The largest absolute Gasteiger partial charge is 0.354 e. The number of fused-ring (bicyclic) bond motifs is 2. The molecule has 2 unspecified atom stereocenters. The van der Waals surface area contributed by atoms with Gasteiger partial charge in [-0.2, -0.15) is 0 Å². The molecule has 28 heavy (non-hydrogen) atoms. The Morgan fingerprint density at radius 3 is 2.68 bits per heavy atom. The number of H-pyrrole nitrogens is 2. The highest BCUT2D eigenvalue weighted by Crippen LogP contribution is 2.29. The quantitative estimate of drug-likeness (QED) is 0.512. The van der Waals surface area contributed by atoms with Crippen LogP contribution in [0.5, 0.6) is 0 Å². The first kappa shape index (κ1) is 17.2. The summed E-state index contributed by atoms with van der Waals surface area (Å²) in [5, 5.41) is 2.14. The van der Waals surface area contributed by atoms with Crippen LogP contribution in [0.15, 0.2) is 59.4 Å². The van der Waals surface area contributed by atoms with Gasteiger partial charge in [-0.1, -0.05) is 24.3 Å². The zero-order valence-corrected chi connectivity index (χ0v) is 15.9. The van der Waals surface area contributed by atoms with Crippen LogP contribution in [0.3, 0.4) is 0 Å². The number of hydrogen-bond donors (Lipinski definition) is 3. The van der Waals surface area contributed by atoms with Gasteiger partial charge in [0.1, 0.15) is 0 Å². The van der Waals surface area contributed by atoms with E-state index < -0.39 is 0 Å². The van der Waals surface area contributed by atoms with Gasteiger partial charge in [0.15, 0.2) is 0 Å². The third-order valence-electron chi connectivity index (χ3n) is 5.97. The van der Waals surface area contributed by atoms with Crippen molar-refractivity contribution < 1.29 is 0 Å². The third-order valence-corrected chi connectivity index (χ3v) is 5.97. The number of para-hydroxylation sites is 1. The summed E-state index contributed by atoms with van der Waals surface area (Å²) in [7, 11) is 0. The van der Waals surface area contributed by atoms with Crippen molar-refractivity contribution in [3.63, 3.8) is 0 Å². The Hall–Kier alpha value is -2.89. The maximum atomic E-state index is 12.6. The molecule has 1 saturated heterocycles. The van der Waals surface area contributed by atoms with Gasteiger partial charge >= 0.3 is 0 Å². The van der Waals surface area contributed by atoms with Gasteiger partial charge in [0.2, 0.25) is 0 Å². The normalized spacial score (nSPS) is 18.9. The van der Waals surface area contributed by atoms with Crippen molar-refractivity contribution >= 4 is 21.8 Å². The van der Waals surface area contributed by atoms with Gasteiger partial charge in [-0.3, -0.25) is 9.69 Å². The summed E-state index contributed by atoms with van der Waals surface area (Å²) < 4.78 is 0. The SMILES string of the molecule is CC(c1ccc2[nH]c(-c3cc4ccccc4[nH]c3=O)cc2c1)N1CCC(N)C1. The summed E-state index contributed by atoms with van der Waals surface area (Å²) in [5.41, 5.74) is 10.7. The number of benzene rings is 2. The van der Waals surface area contributed by atoms with Crippen molar-refractivity contribution in [2.75, 3.05) is 13.1 Å². The number of rotatable bonds is 3. The van der Waals surface area contributed by atoms with Crippen LogP contribution < -0.4 is 11.3 Å². The van der Waals surface area contributed by atoms with Crippen molar-refractivity contribution in [1.82, 2.24) is 14.9 Å². The molecule has 3 heterocycles. The monoisotopic (exact) mass is 372 g/mol. The fourth-order valence-electron chi connectivity index (χ4n) is 4.28. The van der Waals surface area contributed by atoms with Crippen LogP contribution in [-0.4, -0.2) is 34.0 Å². The van der Waals surface area contributed by atoms with Crippen molar-refractivity contribution in [2.45, 2.75) is 25.4 Å². The summed E-state index contributed by atoms with van der Waals surface area (Å²) in [6.07, 6.45) is 1.06. The Balaban J connectivity index is 1.54. The molecule has 1 fully saturated rings. The van der Waals surface area contributed by atoms with Gasteiger partial charge in [0, 0.05) is 41.6 Å². The second-order valence-electron chi connectivity index (χ2n) is 7.85. The molecule has 5 nitrogen and oxygen atoms in total. The van der Waals surface area contributed by atoms with E-state index in [1.807, 2.05) is 30.3 Å². The molecule has 4 aromatic rings. The molecule has 2 aromatic carbocycles. The number of hydrogen-bond acceptors (Lipinski definition) is 3. The van der Waals surface area contributed by atoms with Gasteiger partial charge in [-0.05, 0) is 54.6 Å². The van der Waals surface area contributed by atoms with E-state index in [1.165, 1.54) is 5.56 Å². The second-order valence-corrected chi connectivity index (χ2v) is 7.85. The van der Waals surface area contributed by atoms with E-state index in [1.54, 1.807) is 0 Å². The molecular weight excluding hydrogens is 348 g/mol. The zero-order valence-electron chi connectivity index (χ0n) is 15.9. The Bertz CT molecular complexity index is 1220. The lowest BCUT2D eigenvalue weighted by atomic mass is 10.0. The Morgan fingerprint density at radius 2 is 1.86 bits per heavy atom. The molecule has 0 amide bonds. The minimum atomic E-state index is -0.0788. The number of nitrogens with two attached hydrogens (primary N) is 1. The number of likely N-dealkylation sites (tertiary alicyclic amines) is 1. The fraction of sp³-hybridized carbons (Fsp3) is 0.261. The Morgan fingerprint density at radius 1 is 1.04 bits per heavy atom. The number of nitrogens with one attached hydrogen (secondary N) is 2. The molecule has 0 radical (unpaired) electrons. The maximum Gasteiger partial charge on any atom is 0.257 e. The van der Waals surface area contributed by atoms with Gasteiger partial charge in [0.05, 0.1) is 11.3 Å². The van der Waals surface area contributed by atoms with Gasteiger partial charge in [-0.25, -0.2) is 0 Å². The molecule has 5 heteroatoms. The third kappa shape index (κ3) is 2.93. The first-order valence-corrected chi connectivity index (χ1v) is 9.83. The topological polar surface area (TPSA) is 77.9 Å². The number of aromatic amines is 2. The number of aromatic nitrogens is 2. The highest BCUT2D eigenvalue weighted by Gasteiger charge is 2.24. The van der Waals surface area contributed by atoms with Crippen LogP contribution in [0.25, 0.3) is 33.1 Å². The molecular formula is C23H24N4O. The molecule has 4 N–H and O–H groups in total. The van der Waals surface area contributed by atoms with E-state index in [0.717, 1.165) is 47.0 Å². The van der Waals surface area contributed by atoms with E-state index in [0.29, 0.717) is 11.6 Å². The van der Waals surface area contributed by atoms with Gasteiger partial charge < -0.3 is 15.7 Å². The molecule has 142 valence electrons. The molecule has 2 atom stereocenters. The van der Waals surface area contributed by atoms with Crippen molar-refractivity contribution in [1.29, 1.82) is 0 Å². The van der Waals surface area contributed by atoms with E-state index in [9.17, 15) is 4.79 Å². The average Bonchev–Trinajstić information content (AvgIpc) is 3.32. The smallest absolute Gasteiger partial charge is 0.257 e. The lowest BCUT2D eigenvalue weighted by Crippen LogP contribution is -2.28. The molecule has 0 spiro atoms. The Labute approximate surface area is 163 Å². The number of nitrogens with zero attached hydrogens (tertiary/aromatic N) is 1. The summed E-state index contributed by atoms with van der Waals surface area (Å²) >= 11 is 0. The summed E-state index contributed by atoms with van der Waals surface area (Å²) in [4.78, 5) is 21.4. The molecule has 2 aromatic heterocycles. The van der Waals surface area contributed by atoms with Crippen LogP contribution in [0.1, 0.15) is 24.9 Å². The molecule has 5 rings (SSSR count). The van der Waals surface area contributed by atoms with Crippen LogP contribution in [0, 0.1) is 0 Å². The first-order chi connectivity index (χ1) is 13.6. The van der Waals surface area contributed by atoms with Gasteiger partial charge in [0.25, 0.3) is 5.56 Å². The van der Waals surface area contributed by atoms with Crippen molar-refractivity contribution in [3.8, 4) is 11.3 Å². The second kappa shape index (κ2) is 6.62. The van der Waals surface area contributed by atoms with Crippen molar-refractivity contribution in [2.24, 2.45) is 5.73 Å². The standard InChI is InChI=1S/C23H24N4O/c1-14(27-9-8-18(24)13-27)15-6-7-21-17(10-15)12-22(25-21)19-11-16-4-2-3-5-20(16)26-23(19)28/h2-7,10-12,14,18,25H,8-9,13,24H2,1H3,(H,26,28). The van der Waals surface area contributed by atoms with Crippen LogP contribution >= 0.6 is 0 Å². The molecule has 0 saturated carbocycles. The van der Waals surface area contributed by atoms with Gasteiger partial charge in [-0.15, -0.1) is 0 Å². The van der Waals surface area contributed by atoms with Crippen LogP contribution in [0.4, 0.5) is 0 Å². The lowest BCUT2D eigenvalue weighted by molar-refractivity contribution is 0.260. The minimum Gasteiger partial charge on any atom is -0.354 e. The van der Waals surface area contributed by atoms with E-state index in [2.05, 4.69) is 46.1 Å². The van der Waals surface area contributed by atoms with E-state index in [4.69, 9.17) is 5.73 Å². The van der Waals surface area contributed by atoms with Crippen molar-refractivity contribution in [3.05, 3.63) is 70.5 Å². The molecule has 1 aliphatic heterocycles. The van der Waals surface area contributed by atoms with E-state index >= 15 is 0 Å². The molecule has 0 bridgehead atoms. The zero-order chi connectivity index (χ0) is 19.3. The van der Waals surface area contributed by atoms with E-state index in [-0.39, 0.29) is 11.6 Å². The fourth-order valence-corrected chi connectivity index (χ4v) is 4.28. The summed E-state index contributed by atoms with van der Waals surface area (Å²) in [6, 6.07) is 19.0. The maximum absolute atomic E-state index is 12.6. The van der Waals surface area contributed by atoms with Crippen LogP contribution in [-0.2, 0) is 0 Å². The highest BCUT2D eigenvalue weighted by atomic mass is 16.1. The number of pyridine rings is 1. The molecule has 1 aliphatic rings. The molecule has 0 aliphatic carbocycles. The average molecular weight is 372 g/mol. The highest BCUT2D eigenvalue weighted by molar-refractivity contribution is 5.89.